The molecular formula is C14H20FN2O2+. The van der Waals surface area contributed by atoms with Crippen LogP contribution in [-0.4, -0.2) is 37.7 Å². The third kappa shape index (κ3) is 4.29. The quantitative estimate of drug-likeness (QED) is 0.835. The number of carbonyl (C=O) groups is 1. The molecule has 2 rings (SSSR count). The van der Waals surface area contributed by atoms with Crippen molar-refractivity contribution < 1.29 is 18.8 Å². The highest BCUT2D eigenvalue weighted by atomic mass is 19.1. The summed E-state index contributed by atoms with van der Waals surface area (Å²) in [4.78, 5) is 13.1. The fourth-order valence-electron chi connectivity index (χ4n) is 2.50. The number of quaternary nitrogens is 1. The number of morpholine rings is 1. The van der Waals surface area contributed by atoms with E-state index in [-0.39, 0.29) is 23.9 Å². The molecular weight excluding hydrogens is 247 g/mol. The second kappa shape index (κ2) is 6.12. The molecule has 0 bridgehead atoms. The van der Waals surface area contributed by atoms with Crippen LogP contribution in [0.2, 0.25) is 0 Å². The molecule has 0 aromatic heterocycles. The Balaban J connectivity index is 1.85. The van der Waals surface area contributed by atoms with Gasteiger partial charge in [0.05, 0.1) is 0 Å². The number of halogens is 1. The van der Waals surface area contributed by atoms with Crippen molar-refractivity contribution in [3.63, 3.8) is 0 Å². The van der Waals surface area contributed by atoms with E-state index in [0.29, 0.717) is 12.2 Å². The molecule has 1 aromatic rings. The average Bonchev–Trinajstić information content (AvgIpc) is 2.30. The molecule has 1 aliphatic heterocycles. The van der Waals surface area contributed by atoms with Crippen molar-refractivity contribution in [3.05, 3.63) is 30.1 Å². The number of hydrogen-bond donors (Lipinski definition) is 2. The van der Waals surface area contributed by atoms with Crippen LogP contribution in [0.1, 0.15) is 13.8 Å². The van der Waals surface area contributed by atoms with E-state index in [1.54, 1.807) is 12.1 Å². The molecule has 1 aliphatic rings. The maximum absolute atomic E-state index is 12.8. The first-order valence-electron chi connectivity index (χ1n) is 6.57. The number of amides is 1. The van der Waals surface area contributed by atoms with Crippen LogP contribution >= 0.6 is 0 Å². The highest BCUT2D eigenvalue weighted by Crippen LogP contribution is 2.07. The Hall–Kier alpha value is -1.46. The Labute approximate surface area is 112 Å². The van der Waals surface area contributed by atoms with Gasteiger partial charge in [0.15, 0.2) is 6.54 Å². The van der Waals surface area contributed by atoms with Crippen molar-refractivity contribution in [2.45, 2.75) is 26.1 Å². The smallest absolute Gasteiger partial charge is 0.279 e. The van der Waals surface area contributed by atoms with Crippen molar-refractivity contribution in [2.75, 3.05) is 25.0 Å². The molecule has 4 nitrogen and oxygen atoms in total. The zero-order valence-corrected chi connectivity index (χ0v) is 11.3. The van der Waals surface area contributed by atoms with E-state index in [0.717, 1.165) is 13.1 Å². The number of ether oxygens (including phenoxy) is 1. The molecule has 0 radical (unpaired) electrons. The van der Waals surface area contributed by atoms with Gasteiger partial charge >= 0.3 is 0 Å². The van der Waals surface area contributed by atoms with Crippen LogP contribution in [0.3, 0.4) is 0 Å². The van der Waals surface area contributed by atoms with Crippen molar-refractivity contribution >= 4 is 11.6 Å². The number of benzene rings is 1. The van der Waals surface area contributed by atoms with Gasteiger partial charge in [-0.1, -0.05) is 0 Å². The van der Waals surface area contributed by atoms with Gasteiger partial charge in [-0.05, 0) is 38.1 Å². The Kier molecular flexibility index (Phi) is 4.50. The lowest BCUT2D eigenvalue weighted by Gasteiger charge is -2.31. The zero-order chi connectivity index (χ0) is 13.8. The lowest BCUT2D eigenvalue weighted by molar-refractivity contribution is -0.907. The fourth-order valence-corrected chi connectivity index (χ4v) is 2.50. The maximum atomic E-state index is 12.8. The van der Waals surface area contributed by atoms with E-state index in [9.17, 15) is 9.18 Å². The third-order valence-electron chi connectivity index (χ3n) is 3.16. The van der Waals surface area contributed by atoms with Crippen LogP contribution in [0.5, 0.6) is 0 Å². The lowest BCUT2D eigenvalue weighted by Crippen LogP contribution is -3.16. The first-order valence-corrected chi connectivity index (χ1v) is 6.57. The van der Waals surface area contributed by atoms with E-state index >= 15 is 0 Å². The summed E-state index contributed by atoms with van der Waals surface area (Å²) in [7, 11) is 0. The van der Waals surface area contributed by atoms with Crippen molar-refractivity contribution in [1.82, 2.24) is 0 Å². The molecule has 0 unspecified atom stereocenters. The van der Waals surface area contributed by atoms with Crippen LogP contribution in [0.25, 0.3) is 0 Å². The van der Waals surface area contributed by atoms with Crippen LogP contribution in [-0.2, 0) is 9.53 Å². The summed E-state index contributed by atoms with van der Waals surface area (Å²) in [5.41, 5.74) is 0.625. The van der Waals surface area contributed by atoms with E-state index < -0.39 is 0 Å². The number of anilines is 1. The van der Waals surface area contributed by atoms with Gasteiger partial charge < -0.3 is 15.0 Å². The SMILES string of the molecule is C[C@@H]1C[NH+](CC(=O)Nc2ccc(F)cc2)C[C@@H](C)O1. The fraction of sp³-hybridized carbons (Fsp3) is 0.500. The lowest BCUT2D eigenvalue weighted by atomic mass is 10.2. The van der Waals surface area contributed by atoms with Crippen LogP contribution < -0.4 is 10.2 Å². The number of carbonyl (C=O) groups excluding carboxylic acids is 1. The summed E-state index contributed by atoms with van der Waals surface area (Å²) in [6.07, 6.45) is 0.356. The van der Waals surface area contributed by atoms with Gasteiger partial charge in [0.1, 0.15) is 31.1 Å². The number of rotatable bonds is 3. The monoisotopic (exact) mass is 267 g/mol. The van der Waals surface area contributed by atoms with E-state index in [4.69, 9.17) is 4.74 Å². The second-order valence-electron chi connectivity index (χ2n) is 5.15. The summed E-state index contributed by atoms with van der Waals surface area (Å²) in [6.45, 7) is 6.12. The highest BCUT2D eigenvalue weighted by molar-refractivity contribution is 5.91. The van der Waals surface area contributed by atoms with Crippen LogP contribution in [0.15, 0.2) is 24.3 Å². The van der Waals surface area contributed by atoms with Gasteiger partial charge in [0.25, 0.3) is 5.91 Å². The Bertz CT molecular complexity index is 426. The average molecular weight is 267 g/mol. The second-order valence-corrected chi connectivity index (χ2v) is 5.15. The van der Waals surface area contributed by atoms with Gasteiger partial charge in [-0.2, -0.15) is 0 Å². The summed E-state index contributed by atoms with van der Waals surface area (Å²) in [5, 5.41) is 2.78. The molecule has 1 saturated heterocycles. The molecule has 2 N–H and O–H groups in total. The zero-order valence-electron chi connectivity index (χ0n) is 11.3. The topological polar surface area (TPSA) is 42.8 Å². The van der Waals surface area contributed by atoms with Crippen molar-refractivity contribution in [3.8, 4) is 0 Å². The third-order valence-corrected chi connectivity index (χ3v) is 3.16. The number of nitrogens with one attached hydrogen (secondary N) is 2. The number of hydrogen-bond acceptors (Lipinski definition) is 2. The maximum Gasteiger partial charge on any atom is 0.279 e. The molecule has 104 valence electrons. The minimum Gasteiger partial charge on any atom is -0.364 e. The summed E-state index contributed by atoms with van der Waals surface area (Å²) in [5.74, 6) is -0.359. The molecule has 0 spiro atoms. The minimum atomic E-state index is -0.306. The Morgan fingerprint density at radius 3 is 2.47 bits per heavy atom. The van der Waals surface area contributed by atoms with Crippen molar-refractivity contribution in [2.24, 2.45) is 0 Å². The molecule has 0 aliphatic carbocycles. The standard InChI is InChI=1S/C14H19FN2O2/c1-10-7-17(8-11(2)19-10)9-14(18)16-13-5-3-12(15)4-6-13/h3-6,10-11H,7-9H2,1-2H3,(H,16,18)/p+1/t10-,11-/m1/s1. The Morgan fingerprint density at radius 1 is 1.32 bits per heavy atom. The predicted octanol–water partition coefficient (Wildman–Crippen LogP) is 0.456. The largest absolute Gasteiger partial charge is 0.364 e. The van der Waals surface area contributed by atoms with Gasteiger partial charge in [-0.15, -0.1) is 0 Å². The van der Waals surface area contributed by atoms with E-state index in [2.05, 4.69) is 5.32 Å². The molecule has 1 aromatic carbocycles. The predicted molar refractivity (Wildman–Crippen MR) is 70.6 cm³/mol. The summed E-state index contributed by atoms with van der Waals surface area (Å²) >= 11 is 0. The molecule has 1 fully saturated rings. The molecule has 19 heavy (non-hydrogen) atoms. The van der Waals surface area contributed by atoms with Crippen LogP contribution in [0.4, 0.5) is 10.1 Å². The molecule has 1 amide bonds. The highest BCUT2D eigenvalue weighted by Gasteiger charge is 2.27. The summed E-state index contributed by atoms with van der Waals surface area (Å²) < 4.78 is 18.4. The minimum absolute atomic E-state index is 0.0529. The molecule has 0 saturated carbocycles. The van der Waals surface area contributed by atoms with Crippen molar-refractivity contribution in [1.29, 1.82) is 0 Å². The van der Waals surface area contributed by atoms with Gasteiger partial charge in [-0.3, -0.25) is 4.79 Å². The normalized spacial score (nSPS) is 27.0. The van der Waals surface area contributed by atoms with Crippen LogP contribution in [0, 0.1) is 5.82 Å². The Morgan fingerprint density at radius 2 is 1.89 bits per heavy atom. The van der Waals surface area contributed by atoms with E-state index in [1.165, 1.54) is 17.0 Å². The van der Waals surface area contributed by atoms with E-state index in [1.807, 2.05) is 13.8 Å². The van der Waals surface area contributed by atoms with Gasteiger partial charge in [0, 0.05) is 5.69 Å². The molecule has 1 heterocycles. The summed E-state index contributed by atoms with van der Waals surface area (Å²) in [6, 6.07) is 5.79. The molecule has 5 heteroatoms. The first-order chi connectivity index (χ1) is 9.02. The first kappa shape index (κ1) is 14.0. The van der Waals surface area contributed by atoms with Gasteiger partial charge in [0.2, 0.25) is 0 Å². The molecule has 2 atom stereocenters. The van der Waals surface area contributed by atoms with Gasteiger partial charge in [-0.25, -0.2) is 4.39 Å².